The van der Waals surface area contributed by atoms with Gasteiger partial charge in [-0.25, -0.2) is 0 Å². The van der Waals surface area contributed by atoms with Crippen LogP contribution in [0.5, 0.6) is 0 Å². The first-order valence-corrected chi connectivity index (χ1v) is 10.4. The van der Waals surface area contributed by atoms with E-state index in [4.69, 9.17) is 4.74 Å². The number of morpholine rings is 1. The predicted molar refractivity (Wildman–Crippen MR) is 125 cm³/mol. The lowest BCUT2D eigenvalue weighted by Gasteiger charge is -2.37. The van der Waals surface area contributed by atoms with E-state index in [1.54, 1.807) is 0 Å². The van der Waals surface area contributed by atoms with Crippen LogP contribution in [-0.2, 0) is 14.3 Å². The summed E-state index contributed by atoms with van der Waals surface area (Å²) in [5.41, 5.74) is 0. The highest BCUT2D eigenvalue weighted by Crippen LogP contribution is 2.05. The summed E-state index contributed by atoms with van der Waals surface area (Å²) in [4.78, 5) is 35.0. The molecule has 2 aliphatic heterocycles. The molecule has 2 amide bonds. The highest BCUT2D eigenvalue weighted by atomic mass is 127. The van der Waals surface area contributed by atoms with Gasteiger partial charge in [0.15, 0.2) is 5.96 Å². The molecule has 0 saturated carbocycles. The van der Waals surface area contributed by atoms with Gasteiger partial charge in [0.2, 0.25) is 11.8 Å². The van der Waals surface area contributed by atoms with Gasteiger partial charge in [-0.05, 0) is 6.92 Å². The normalized spacial score (nSPS) is 18.4. The van der Waals surface area contributed by atoms with E-state index in [1.165, 1.54) is 0 Å². The van der Waals surface area contributed by atoms with E-state index >= 15 is 0 Å². The van der Waals surface area contributed by atoms with Crippen molar-refractivity contribution in [1.82, 2.24) is 25.3 Å². The van der Waals surface area contributed by atoms with Gasteiger partial charge in [0.1, 0.15) is 0 Å². The molecule has 0 unspecified atom stereocenters. The summed E-state index contributed by atoms with van der Waals surface area (Å²) in [7, 11) is 0. The first-order valence-electron chi connectivity index (χ1n) is 10.4. The maximum absolute atomic E-state index is 12.4. The molecular weight excluding hydrogens is 487 g/mol. The Balaban J connectivity index is 0.00000420. The molecule has 2 N–H and O–H groups in total. The average molecular weight is 524 g/mol. The van der Waals surface area contributed by atoms with Crippen LogP contribution in [0.15, 0.2) is 4.99 Å². The van der Waals surface area contributed by atoms with Gasteiger partial charge >= 0.3 is 0 Å². The number of aliphatic imine (C=N–C) groups is 1. The van der Waals surface area contributed by atoms with Crippen molar-refractivity contribution in [3.8, 4) is 0 Å². The van der Waals surface area contributed by atoms with Crippen molar-refractivity contribution < 1.29 is 14.3 Å². The number of rotatable bonds is 7. The van der Waals surface area contributed by atoms with Crippen LogP contribution in [-0.4, -0.2) is 111 Å². The number of hydrogen-bond donors (Lipinski definition) is 2. The fraction of sp³-hybridized carbons (Fsp3) is 0.842. The van der Waals surface area contributed by atoms with E-state index in [-0.39, 0.29) is 41.7 Å². The third kappa shape index (κ3) is 9.04. The Morgan fingerprint density at radius 1 is 1.00 bits per heavy atom. The molecule has 168 valence electrons. The summed E-state index contributed by atoms with van der Waals surface area (Å²) in [6.45, 7) is 14.2. The number of carbonyl (C=O) groups is 2. The number of nitrogens with one attached hydrogen (secondary N) is 2. The van der Waals surface area contributed by atoms with Crippen LogP contribution >= 0.6 is 24.0 Å². The van der Waals surface area contributed by atoms with Gasteiger partial charge in [-0.1, -0.05) is 13.8 Å². The number of piperazine rings is 1. The number of halogens is 1. The largest absolute Gasteiger partial charge is 0.378 e. The third-order valence-corrected chi connectivity index (χ3v) is 4.93. The Bertz CT molecular complexity index is 532. The number of amides is 2. The second kappa shape index (κ2) is 14.0. The smallest absolute Gasteiger partial charge is 0.236 e. The summed E-state index contributed by atoms with van der Waals surface area (Å²) < 4.78 is 5.31. The minimum absolute atomic E-state index is 0. The zero-order chi connectivity index (χ0) is 20.4. The van der Waals surface area contributed by atoms with Gasteiger partial charge in [0.05, 0.1) is 26.3 Å². The summed E-state index contributed by atoms with van der Waals surface area (Å²) >= 11 is 0. The number of nitrogens with zero attached hydrogens (tertiary/aromatic N) is 4. The van der Waals surface area contributed by atoms with E-state index < -0.39 is 0 Å². The number of hydrogen-bond acceptors (Lipinski definition) is 5. The van der Waals surface area contributed by atoms with Crippen LogP contribution in [0, 0.1) is 5.92 Å². The quantitative estimate of drug-likeness (QED) is 0.208. The van der Waals surface area contributed by atoms with Crippen LogP contribution in [0.1, 0.15) is 20.8 Å². The van der Waals surface area contributed by atoms with Crippen LogP contribution in [0.25, 0.3) is 0 Å². The predicted octanol–water partition coefficient (Wildman–Crippen LogP) is -0.181. The molecule has 2 rings (SSSR count). The van der Waals surface area contributed by atoms with Gasteiger partial charge in [0, 0.05) is 58.3 Å². The zero-order valence-corrected chi connectivity index (χ0v) is 20.3. The molecule has 2 saturated heterocycles. The Kier molecular flexibility index (Phi) is 12.5. The van der Waals surface area contributed by atoms with Crippen LogP contribution in [0.2, 0.25) is 0 Å². The fourth-order valence-electron chi connectivity index (χ4n) is 3.19. The Morgan fingerprint density at radius 2 is 1.66 bits per heavy atom. The summed E-state index contributed by atoms with van der Waals surface area (Å²) in [5, 5.41) is 6.22. The molecular formula is C19H37IN6O3. The molecule has 0 atom stereocenters. The molecule has 0 aliphatic carbocycles. The lowest BCUT2D eigenvalue weighted by atomic mass is 10.2. The summed E-state index contributed by atoms with van der Waals surface area (Å²) in [5.74, 6) is 1.11. The van der Waals surface area contributed by atoms with E-state index in [9.17, 15) is 9.59 Å². The van der Waals surface area contributed by atoms with Gasteiger partial charge in [-0.2, -0.15) is 0 Å². The first-order chi connectivity index (χ1) is 13.5. The van der Waals surface area contributed by atoms with Crippen LogP contribution in [0.3, 0.4) is 0 Å². The second-order valence-electron chi connectivity index (χ2n) is 7.44. The van der Waals surface area contributed by atoms with Gasteiger partial charge in [-0.3, -0.25) is 19.5 Å². The van der Waals surface area contributed by atoms with Crippen LogP contribution < -0.4 is 10.6 Å². The fourth-order valence-corrected chi connectivity index (χ4v) is 3.19. The van der Waals surface area contributed by atoms with Crippen molar-refractivity contribution in [3.05, 3.63) is 0 Å². The summed E-state index contributed by atoms with van der Waals surface area (Å²) in [6.07, 6.45) is 0. The third-order valence-electron chi connectivity index (χ3n) is 4.93. The van der Waals surface area contributed by atoms with Crippen molar-refractivity contribution >= 4 is 41.8 Å². The van der Waals surface area contributed by atoms with Crippen molar-refractivity contribution in [3.63, 3.8) is 0 Å². The Morgan fingerprint density at radius 3 is 2.24 bits per heavy atom. The molecule has 2 heterocycles. The number of guanidine groups is 1. The SMILES string of the molecule is CCNC(=NCCNC(=O)C(C)C)N1CCN(CC(=O)N2CCOCC2)CC1.I. The minimum atomic E-state index is -0.00883. The molecule has 10 heteroatoms. The molecule has 29 heavy (non-hydrogen) atoms. The van der Waals surface area contributed by atoms with E-state index in [2.05, 4.69) is 25.4 Å². The molecule has 9 nitrogen and oxygen atoms in total. The molecule has 2 fully saturated rings. The lowest BCUT2D eigenvalue weighted by molar-refractivity contribution is -0.136. The van der Waals surface area contributed by atoms with E-state index in [0.717, 1.165) is 38.7 Å². The standard InChI is InChI=1S/C19H36N6O3.HI/c1-4-20-19(22-6-5-21-18(27)16(2)3)25-9-7-23(8-10-25)15-17(26)24-11-13-28-14-12-24;/h16H,4-15H2,1-3H3,(H,20,22)(H,21,27);1H. The van der Waals surface area contributed by atoms with E-state index in [0.29, 0.717) is 45.9 Å². The maximum Gasteiger partial charge on any atom is 0.236 e. The van der Waals surface area contributed by atoms with Gasteiger partial charge < -0.3 is 25.2 Å². The van der Waals surface area contributed by atoms with Crippen molar-refractivity contribution in [2.75, 3.05) is 78.7 Å². The zero-order valence-electron chi connectivity index (χ0n) is 18.0. The molecule has 2 aliphatic rings. The Labute approximate surface area is 191 Å². The topological polar surface area (TPSA) is 89.5 Å². The molecule has 0 aromatic heterocycles. The van der Waals surface area contributed by atoms with Gasteiger partial charge in [0.25, 0.3) is 0 Å². The average Bonchev–Trinajstić information content (AvgIpc) is 2.71. The number of carbonyl (C=O) groups excluding carboxylic acids is 2. The van der Waals surface area contributed by atoms with E-state index in [1.807, 2.05) is 25.7 Å². The molecule has 0 spiro atoms. The first kappa shape index (κ1) is 25.9. The van der Waals surface area contributed by atoms with Crippen LogP contribution in [0.4, 0.5) is 0 Å². The lowest BCUT2D eigenvalue weighted by Crippen LogP contribution is -2.55. The number of ether oxygens (including phenoxy) is 1. The highest BCUT2D eigenvalue weighted by Gasteiger charge is 2.24. The summed E-state index contributed by atoms with van der Waals surface area (Å²) in [6, 6.07) is 0. The highest BCUT2D eigenvalue weighted by molar-refractivity contribution is 14.0. The minimum Gasteiger partial charge on any atom is -0.378 e. The van der Waals surface area contributed by atoms with Gasteiger partial charge in [-0.15, -0.1) is 24.0 Å². The van der Waals surface area contributed by atoms with Crippen molar-refractivity contribution in [2.45, 2.75) is 20.8 Å². The molecule has 0 aromatic rings. The second-order valence-corrected chi connectivity index (χ2v) is 7.44. The Hall–Kier alpha value is -1.14. The van der Waals surface area contributed by atoms with Crippen molar-refractivity contribution in [2.24, 2.45) is 10.9 Å². The molecule has 0 aromatic carbocycles. The molecule has 0 bridgehead atoms. The van der Waals surface area contributed by atoms with Crippen molar-refractivity contribution in [1.29, 1.82) is 0 Å². The maximum atomic E-state index is 12.4. The monoisotopic (exact) mass is 524 g/mol. The molecule has 0 radical (unpaired) electrons.